The van der Waals surface area contributed by atoms with Crippen molar-refractivity contribution in [2.45, 2.75) is 30.6 Å². The summed E-state index contributed by atoms with van der Waals surface area (Å²) in [5, 5.41) is 15.1. The third-order valence-electron chi connectivity index (χ3n) is 2.87. The van der Waals surface area contributed by atoms with Gasteiger partial charge in [0.25, 0.3) is 0 Å². The van der Waals surface area contributed by atoms with Gasteiger partial charge in [0.05, 0.1) is 5.75 Å². The minimum absolute atomic E-state index is 0.0486. The summed E-state index contributed by atoms with van der Waals surface area (Å²) in [6.07, 6.45) is 2.10. The number of rotatable bonds is 9. The van der Waals surface area contributed by atoms with Gasteiger partial charge < -0.3 is 10.6 Å². The number of carbonyl (C=O) groups is 1. The van der Waals surface area contributed by atoms with Crippen molar-refractivity contribution in [1.29, 1.82) is 0 Å². The van der Waals surface area contributed by atoms with Crippen LogP contribution in [0.1, 0.15) is 25.3 Å². The highest BCUT2D eigenvalue weighted by Gasteiger charge is 2.07. The molecule has 2 aromatic rings. The summed E-state index contributed by atoms with van der Waals surface area (Å²) in [7, 11) is 0. The molecule has 0 saturated heterocycles. The molecule has 1 heterocycles. The summed E-state index contributed by atoms with van der Waals surface area (Å²) in [5.74, 6) is 0.435. The number of hydrogen-bond donors (Lipinski definition) is 2. The Morgan fingerprint density at radius 1 is 1.27 bits per heavy atom. The maximum absolute atomic E-state index is 11.6. The molecule has 0 atom stereocenters. The monoisotopic (exact) mass is 336 g/mol. The van der Waals surface area contributed by atoms with Gasteiger partial charge in [-0.05, 0) is 12.0 Å². The summed E-state index contributed by atoms with van der Waals surface area (Å²) in [4.78, 5) is 11.6. The maximum atomic E-state index is 11.6. The minimum Gasteiger partial charge on any atom is -0.356 e. The number of carbonyl (C=O) groups excluding carboxylic acids is 1. The van der Waals surface area contributed by atoms with Crippen LogP contribution in [0, 0.1) is 0 Å². The van der Waals surface area contributed by atoms with Gasteiger partial charge in [-0.15, -0.1) is 10.2 Å². The second-order valence-electron chi connectivity index (χ2n) is 4.70. The summed E-state index contributed by atoms with van der Waals surface area (Å²) in [6, 6.07) is 10.1. The maximum Gasteiger partial charge on any atom is 0.230 e. The molecule has 0 bridgehead atoms. The fourth-order valence-corrected chi connectivity index (χ4v) is 3.27. The Kier molecular flexibility index (Phi) is 7.18. The molecule has 7 heteroatoms. The Morgan fingerprint density at radius 2 is 2.09 bits per heavy atom. The average molecular weight is 336 g/mol. The molecule has 0 unspecified atom stereocenters. The minimum atomic E-state index is 0.0486. The van der Waals surface area contributed by atoms with E-state index in [1.165, 1.54) is 28.7 Å². The topological polar surface area (TPSA) is 66.9 Å². The predicted molar refractivity (Wildman–Crippen MR) is 92.3 cm³/mol. The molecule has 0 fully saturated rings. The van der Waals surface area contributed by atoms with Gasteiger partial charge >= 0.3 is 0 Å². The lowest BCUT2D eigenvalue weighted by Crippen LogP contribution is -2.25. The molecular formula is C15H20N4OS2. The number of thioether (sulfide) groups is 1. The number of amides is 1. The summed E-state index contributed by atoms with van der Waals surface area (Å²) >= 11 is 2.89. The number of benzene rings is 1. The number of unbranched alkanes of at least 4 members (excludes halogenated alkanes) is 1. The average Bonchev–Trinajstić information content (AvgIpc) is 3.00. The first kappa shape index (κ1) is 16.8. The summed E-state index contributed by atoms with van der Waals surface area (Å²) < 4.78 is 0.807. The lowest BCUT2D eigenvalue weighted by molar-refractivity contribution is -0.118. The van der Waals surface area contributed by atoms with Gasteiger partial charge in [0.1, 0.15) is 0 Å². The molecule has 2 N–H and O–H groups in total. The van der Waals surface area contributed by atoms with Gasteiger partial charge in [-0.2, -0.15) is 0 Å². The second-order valence-corrected chi connectivity index (χ2v) is 6.90. The summed E-state index contributed by atoms with van der Waals surface area (Å²) in [5.41, 5.74) is 1.20. The van der Waals surface area contributed by atoms with Crippen molar-refractivity contribution < 1.29 is 4.79 Å². The van der Waals surface area contributed by atoms with Gasteiger partial charge in [-0.25, -0.2) is 0 Å². The third kappa shape index (κ3) is 6.03. The molecule has 0 aliphatic rings. The van der Waals surface area contributed by atoms with Crippen molar-refractivity contribution in [3.8, 4) is 0 Å². The Morgan fingerprint density at radius 3 is 2.86 bits per heavy atom. The first-order valence-corrected chi connectivity index (χ1v) is 9.09. The van der Waals surface area contributed by atoms with Crippen molar-refractivity contribution in [3.63, 3.8) is 0 Å². The number of nitrogens with zero attached hydrogens (tertiary/aromatic N) is 2. The van der Waals surface area contributed by atoms with E-state index >= 15 is 0 Å². The van der Waals surface area contributed by atoms with Crippen molar-refractivity contribution in [2.75, 3.05) is 17.6 Å². The largest absolute Gasteiger partial charge is 0.356 e. The van der Waals surface area contributed by atoms with Crippen LogP contribution in [0.15, 0.2) is 34.7 Å². The highest BCUT2D eigenvalue weighted by atomic mass is 32.2. The van der Waals surface area contributed by atoms with Crippen molar-refractivity contribution in [3.05, 3.63) is 35.9 Å². The van der Waals surface area contributed by atoms with E-state index in [0.29, 0.717) is 5.75 Å². The van der Waals surface area contributed by atoms with Crippen LogP contribution in [-0.4, -0.2) is 28.4 Å². The van der Waals surface area contributed by atoms with E-state index in [1.54, 1.807) is 0 Å². The highest BCUT2D eigenvalue weighted by molar-refractivity contribution is 8.01. The van der Waals surface area contributed by atoms with Crippen molar-refractivity contribution >= 4 is 34.1 Å². The van der Waals surface area contributed by atoms with E-state index in [2.05, 4.69) is 39.9 Å². The van der Waals surface area contributed by atoms with Crippen molar-refractivity contribution in [2.24, 2.45) is 0 Å². The van der Waals surface area contributed by atoms with Crippen LogP contribution < -0.4 is 10.6 Å². The Hall–Kier alpha value is -1.60. The normalized spacial score (nSPS) is 10.4. The standard InChI is InChI=1S/C15H20N4OS2/c1-2-3-9-16-13(20)11-21-15-19-18-14(22-15)17-10-12-7-5-4-6-8-12/h4-8H,2-3,9-11H2,1H3,(H,16,20)(H,17,18). The van der Waals surface area contributed by atoms with Crippen LogP contribution in [0.3, 0.4) is 0 Å². The van der Waals surface area contributed by atoms with E-state index in [-0.39, 0.29) is 5.91 Å². The molecule has 118 valence electrons. The SMILES string of the molecule is CCCCNC(=O)CSc1nnc(NCc2ccccc2)s1. The molecule has 1 amide bonds. The quantitative estimate of drug-likeness (QED) is 0.544. The number of nitrogens with one attached hydrogen (secondary N) is 2. The van der Waals surface area contributed by atoms with E-state index in [1.807, 2.05) is 18.2 Å². The van der Waals surface area contributed by atoms with Gasteiger partial charge in [-0.3, -0.25) is 4.79 Å². The lowest BCUT2D eigenvalue weighted by Gasteiger charge is -2.02. The molecule has 0 spiro atoms. The van der Waals surface area contributed by atoms with Gasteiger partial charge in [-0.1, -0.05) is 66.8 Å². The highest BCUT2D eigenvalue weighted by Crippen LogP contribution is 2.25. The first-order valence-electron chi connectivity index (χ1n) is 7.28. The summed E-state index contributed by atoms with van der Waals surface area (Å²) in [6.45, 7) is 3.57. The molecule has 1 aromatic carbocycles. The Bertz CT molecular complexity index is 574. The van der Waals surface area contributed by atoms with Crippen LogP contribution in [0.25, 0.3) is 0 Å². The molecule has 0 aliphatic heterocycles. The zero-order valence-corrected chi connectivity index (χ0v) is 14.2. The number of hydrogen-bond acceptors (Lipinski definition) is 6. The van der Waals surface area contributed by atoms with Crippen LogP contribution in [-0.2, 0) is 11.3 Å². The third-order valence-corrected chi connectivity index (χ3v) is 4.89. The molecule has 1 aromatic heterocycles. The van der Waals surface area contributed by atoms with Crippen LogP contribution in [0.4, 0.5) is 5.13 Å². The van der Waals surface area contributed by atoms with E-state index < -0.39 is 0 Å². The van der Waals surface area contributed by atoms with Crippen LogP contribution in [0.5, 0.6) is 0 Å². The molecule has 2 rings (SSSR count). The molecule has 5 nitrogen and oxygen atoms in total. The van der Waals surface area contributed by atoms with Gasteiger partial charge in [0.15, 0.2) is 4.34 Å². The Balaban J connectivity index is 1.71. The predicted octanol–water partition coefficient (Wildman–Crippen LogP) is 3.16. The van der Waals surface area contributed by atoms with E-state index in [4.69, 9.17) is 0 Å². The van der Waals surface area contributed by atoms with E-state index in [0.717, 1.165) is 35.4 Å². The van der Waals surface area contributed by atoms with Gasteiger partial charge in [0.2, 0.25) is 11.0 Å². The van der Waals surface area contributed by atoms with E-state index in [9.17, 15) is 4.79 Å². The lowest BCUT2D eigenvalue weighted by atomic mass is 10.2. The molecule has 0 aliphatic carbocycles. The zero-order chi connectivity index (χ0) is 15.6. The molecule has 0 radical (unpaired) electrons. The van der Waals surface area contributed by atoms with Crippen LogP contribution >= 0.6 is 23.1 Å². The number of aromatic nitrogens is 2. The zero-order valence-electron chi connectivity index (χ0n) is 12.5. The Labute approximate surface area is 138 Å². The molecular weight excluding hydrogens is 316 g/mol. The second kappa shape index (κ2) is 9.42. The fourth-order valence-electron chi connectivity index (χ4n) is 1.70. The first-order chi connectivity index (χ1) is 10.8. The fraction of sp³-hybridized carbons (Fsp3) is 0.400. The molecule has 0 saturated carbocycles. The van der Waals surface area contributed by atoms with Gasteiger partial charge in [0, 0.05) is 13.1 Å². The van der Waals surface area contributed by atoms with Crippen LogP contribution in [0.2, 0.25) is 0 Å². The molecule has 22 heavy (non-hydrogen) atoms. The van der Waals surface area contributed by atoms with Crippen molar-refractivity contribution in [1.82, 2.24) is 15.5 Å². The number of anilines is 1. The smallest absolute Gasteiger partial charge is 0.230 e.